The minimum atomic E-state index is -0.322. The van der Waals surface area contributed by atoms with E-state index in [1.165, 1.54) is 17.1 Å². The lowest BCUT2D eigenvalue weighted by Gasteiger charge is -2.13. The normalized spacial score (nSPS) is 14.0. The largest absolute Gasteiger partial charge is 0.457 e. The average molecular weight is 534 g/mol. The molecule has 1 N–H and O–H groups in total. The molecule has 0 spiro atoms. The van der Waals surface area contributed by atoms with Gasteiger partial charge >= 0.3 is 0 Å². The molecule has 0 unspecified atom stereocenters. The van der Waals surface area contributed by atoms with Crippen molar-refractivity contribution in [2.75, 3.05) is 5.01 Å². The predicted molar refractivity (Wildman–Crippen MR) is 156 cm³/mol. The van der Waals surface area contributed by atoms with Gasteiger partial charge in [-0.25, -0.2) is 4.39 Å². The van der Waals surface area contributed by atoms with Crippen LogP contribution in [0.5, 0.6) is 0 Å². The number of nitrogens with one attached hydrogen (secondary N) is 1. The van der Waals surface area contributed by atoms with Crippen molar-refractivity contribution in [2.24, 2.45) is 5.10 Å². The maximum atomic E-state index is 13.2. The zero-order valence-corrected chi connectivity index (χ0v) is 22.5. The van der Waals surface area contributed by atoms with Gasteiger partial charge in [0.2, 0.25) is 0 Å². The number of nitrogens with zero attached hydrogens (tertiary/aromatic N) is 2. The number of allylic oxidation sites excluding steroid dienone is 1. The monoisotopic (exact) mass is 533 g/mol. The zero-order chi connectivity index (χ0) is 28.4. The second-order valence-electron chi connectivity index (χ2n) is 9.73. The molecule has 40 heavy (non-hydrogen) atoms. The van der Waals surface area contributed by atoms with E-state index in [0.29, 0.717) is 34.1 Å². The second kappa shape index (κ2) is 11.0. The highest BCUT2D eigenvalue weighted by Gasteiger charge is 2.29. The van der Waals surface area contributed by atoms with Gasteiger partial charge in [0.1, 0.15) is 17.3 Å². The molecule has 0 bridgehead atoms. The van der Waals surface area contributed by atoms with E-state index in [1.54, 1.807) is 43.3 Å². The van der Waals surface area contributed by atoms with Gasteiger partial charge in [-0.3, -0.25) is 9.59 Å². The van der Waals surface area contributed by atoms with E-state index in [4.69, 9.17) is 4.42 Å². The molecule has 2 amide bonds. The van der Waals surface area contributed by atoms with E-state index in [2.05, 4.69) is 17.0 Å². The molecule has 200 valence electrons. The molecule has 6 nitrogen and oxygen atoms in total. The number of hydrogen-bond acceptors (Lipinski definition) is 4. The second-order valence-corrected chi connectivity index (χ2v) is 9.73. The summed E-state index contributed by atoms with van der Waals surface area (Å²) < 4.78 is 19.2. The Hall–Kier alpha value is -5.04. The summed E-state index contributed by atoms with van der Waals surface area (Å²) in [5.74, 6) is 0.248. The van der Waals surface area contributed by atoms with E-state index >= 15 is 0 Å². The summed E-state index contributed by atoms with van der Waals surface area (Å²) in [6.07, 6.45) is 1.68. The fourth-order valence-corrected chi connectivity index (χ4v) is 4.39. The molecule has 2 heterocycles. The van der Waals surface area contributed by atoms with Gasteiger partial charge in [0, 0.05) is 17.7 Å². The number of hydrazone groups is 1. The molecule has 0 atom stereocenters. The molecular weight excluding hydrogens is 505 g/mol. The summed E-state index contributed by atoms with van der Waals surface area (Å²) in [7, 11) is 0. The molecule has 0 aliphatic carbocycles. The topological polar surface area (TPSA) is 74.9 Å². The Morgan fingerprint density at radius 1 is 1.05 bits per heavy atom. The Morgan fingerprint density at radius 3 is 2.58 bits per heavy atom. The Bertz CT molecular complexity index is 1700. The summed E-state index contributed by atoms with van der Waals surface area (Å²) in [5, 5.41) is 8.73. The van der Waals surface area contributed by atoms with Crippen LogP contribution in [0.3, 0.4) is 0 Å². The van der Waals surface area contributed by atoms with Gasteiger partial charge in [-0.2, -0.15) is 10.1 Å². The Balaban J connectivity index is 1.34. The molecule has 0 fully saturated rings. The van der Waals surface area contributed by atoms with Gasteiger partial charge in [0.15, 0.2) is 0 Å². The highest BCUT2D eigenvalue weighted by molar-refractivity contribution is 6.32. The molecule has 7 heteroatoms. The number of rotatable bonds is 7. The fourth-order valence-electron chi connectivity index (χ4n) is 4.39. The summed E-state index contributed by atoms with van der Waals surface area (Å²) in [6.45, 7) is 9.81. The molecule has 3 aromatic carbocycles. The van der Waals surface area contributed by atoms with Crippen molar-refractivity contribution < 1.29 is 18.4 Å². The van der Waals surface area contributed by atoms with E-state index in [-0.39, 0.29) is 24.2 Å². The molecule has 0 saturated carbocycles. The van der Waals surface area contributed by atoms with Crippen LogP contribution in [0.4, 0.5) is 10.1 Å². The molecular formula is C33H28FN3O3. The first-order valence-corrected chi connectivity index (χ1v) is 12.8. The van der Waals surface area contributed by atoms with Gasteiger partial charge in [-0.1, -0.05) is 48.6 Å². The Kier molecular flexibility index (Phi) is 7.29. The third kappa shape index (κ3) is 5.54. The maximum absolute atomic E-state index is 13.2. The van der Waals surface area contributed by atoms with Crippen LogP contribution in [0, 0.1) is 12.7 Å². The van der Waals surface area contributed by atoms with Crippen molar-refractivity contribution in [3.63, 3.8) is 0 Å². The average Bonchev–Trinajstić information content (AvgIpc) is 3.53. The van der Waals surface area contributed by atoms with Crippen LogP contribution in [0.2, 0.25) is 0 Å². The molecule has 5 rings (SSSR count). The lowest BCUT2D eigenvalue weighted by Crippen LogP contribution is -2.23. The third-order valence-electron chi connectivity index (χ3n) is 6.69. The number of furan rings is 1. The van der Waals surface area contributed by atoms with E-state index in [0.717, 1.165) is 27.8 Å². The Morgan fingerprint density at radius 2 is 1.82 bits per heavy atom. The van der Waals surface area contributed by atoms with Gasteiger partial charge in [0.05, 0.1) is 17.0 Å². The Labute approximate surface area is 232 Å². The SMILES string of the molecule is C=C(C)c1cccc(N2N=C(C)/C(=C/c3ccc(-c4ccc(C)c(C(=O)NCc5ccc(F)cc5)c4)o3)C2=O)c1. The first-order valence-electron chi connectivity index (χ1n) is 12.8. The van der Waals surface area contributed by atoms with Crippen molar-refractivity contribution in [3.8, 4) is 11.3 Å². The van der Waals surface area contributed by atoms with Gasteiger partial charge in [0.25, 0.3) is 11.8 Å². The van der Waals surface area contributed by atoms with Crippen LogP contribution in [0.1, 0.15) is 46.7 Å². The maximum Gasteiger partial charge on any atom is 0.280 e. The number of carbonyl (C=O) groups is 2. The van der Waals surface area contributed by atoms with Gasteiger partial charge < -0.3 is 9.73 Å². The van der Waals surface area contributed by atoms with Crippen LogP contribution >= 0.6 is 0 Å². The lowest BCUT2D eigenvalue weighted by atomic mass is 10.0. The molecule has 0 radical (unpaired) electrons. The van der Waals surface area contributed by atoms with Crippen LogP contribution in [0.15, 0.2) is 101 Å². The predicted octanol–water partition coefficient (Wildman–Crippen LogP) is 7.16. The highest BCUT2D eigenvalue weighted by atomic mass is 19.1. The summed E-state index contributed by atoms with van der Waals surface area (Å²) in [6, 6.07) is 22.6. The number of aryl methyl sites for hydroxylation is 1. The fraction of sp³-hybridized carbons (Fsp3) is 0.121. The molecule has 1 aliphatic rings. The van der Waals surface area contributed by atoms with E-state index < -0.39 is 0 Å². The number of carbonyl (C=O) groups excluding carboxylic acids is 2. The van der Waals surface area contributed by atoms with Crippen LogP contribution in [-0.2, 0) is 11.3 Å². The number of anilines is 1. The highest BCUT2D eigenvalue weighted by Crippen LogP contribution is 2.29. The molecule has 0 saturated heterocycles. The van der Waals surface area contributed by atoms with Crippen LogP contribution < -0.4 is 10.3 Å². The minimum absolute atomic E-state index is 0.239. The van der Waals surface area contributed by atoms with Crippen molar-refractivity contribution in [3.05, 3.63) is 125 Å². The number of halogens is 1. The van der Waals surface area contributed by atoms with Crippen molar-refractivity contribution >= 4 is 34.9 Å². The summed E-state index contributed by atoms with van der Waals surface area (Å²) in [4.78, 5) is 26.1. The number of amides is 2. The minimum Gasteiger partial charge on any atom is -0.457 e. The summed E-state index contributed by atoms with van der Waals surface area (Å²) >= 11 is 0. The first kappa shape index (κ1) is 26.6. The number of hydrogen-bond donors (Lipinski definition) is 1. The first-order chi connectivity index (χ1) is 19.2. The zero-order valence-electron chi connectivity index (χ0n) is 22.5. The van der Waals surface area contributed by atoms with E-state index in [9.17, 15) is 14.0 Å². The standard InChI is InChI=1S/C33H28FN3O3/c1-20(2)24-6-5-7-27(16-24)37-33(39)30(22(4)36-37)18-28-14-15-31(40-28)25-11-8-21(3)29(17-25)32(38)35-19-23-9-12-26(34)13-10-23/h5-18H,1,19H2,2-4H3,(H,35,38)/b30-18-. The molecule has 1 aromatic heterocycles. The quantitative estimate of drug-likeness (QED) is 0.256. The van der Waals surface area contributed by atoms with Crippen molar-refractivity contribution in [2.45, 2.75) is 27.3 Å². The smallest absolute Gasteiger partial charge is 0.280 e. The van der Waals surface area contributed by atoms with Crippen molar-refractivity contribution in [1.82, 2.24) is 5.32 Å². The molecule has 4 aromatic rings. The number of benzene rings is 3. The van der Waals surface area contributed by atoms with Crippen LogP contribution in [0.25, 0.3) is 23.0 Å². The third-order valence-corrected chi connectivity index (χ3v) is 6.69. The van der Waals surface area contributed by atoms with Crippen LogP contribution in [-0.4, -0.2) is 17.5 Å². The van der Waals surface area contributed by atoms with E-state index in [1.807, 2.05) is 50.2 Å². The van der Waals surface area contributed by atoms with Crippen molar-refractivity contribution in [1.29, 1.82) is 0 Å². The van der Waals surface area contributed by atoms with Gasteiger partial charge in [-0.05, 0) is 86.0 Å². The summed E-state index contributed by atoms with van der Waals surface area (Å²) in [5.41, 5.74) is 6.37. The lowest BCUT2D eigenvalue weighted by molar-refractivity contribution is -0.114. The molecule has 1 aliphatic heterocycles. The van der Waals surface area contributed by atoms with Gasteiger partial charge in [-0.15, -0.1) is 0 Å².